The Morgan fingerprint density at radius 1 is 1.59 bits per heavy atom. The van der Waals surface area contributed by atoms with E-state index in [0.29, 0.717) is 5.13 Å². The maximum Gasteiger partial charge on any atom is 0.390 e. The fourth-order valence-electron chi connectivity index (χ4n) is 1.03. The van der Waals surface area contributed by atoms with Gasteiger partial charge in [-0.1, -0.05) is 11.3 Å². The molecule has 0 aliphatic carbocycles. The SMILES string of the molecule is COC(=O)c1cnc(N(C)CCC(F)(F)F)s1. The quantitative estimate of drug-likeness (QED) is 0.786. The predicted octanol–water partition coefficient (Wildman–Crippen LogP) is 2.32. The zero-order chi connectivity index (χ0) is 13.1. The summed E-state index contributed by atoms with van der Waals surface area (Å²) in [4.78, 5) is 16.6. The number of hydrogen-bond donors (Lipinski definition) is 0. The number of rotatable bonds is 4. The number of carbonyl (C=O) groups is 1. The van der Waals surface area contributed by atoms with Crippen LogP contribution < -0.4 is 4.90 Å². The molecule has 0 saturated carbocycles. The molecule has 0 spiro atoms. The molecule has 0 amide bonds. The van der Waals surface area contributed by atoms with Crippen LogP contribution in [0.3, 0.4) is 0 Å². The number of halogens is 3. The molecule has 1 aromatic heterocycles. The van der Waals surface area contributed by atoms with Gasteiger partial charge in [-0.05, 0) is 0 Å². The maximum absolute atomic E-state index is 12.0. The molecular formula is C9H11F3N2O2S. The second-order valence-electron chi connectivity index (χ2n) is 3.29. The first-order chi connectivity index (χ1) is 7.83. The lowest BCUT2D eigenvalue weighted by atomic mass is 10.4. The van der Waals surface area contributed by atoms with Crippen molar-refractivity contribution in [3.8, 4) is 0 Å². The van der Waals surface area contributed by atoms with Gasteiger partial charge in [0.1, 0.15) is 4.88 Å². The van der Waals surface area contributed by atoms with Crippen LogP contribution in [0.1, 0.15) is 16.1 Å². The van der Waals surface area contributed by atoms with Gasteiger partial charge in [-0.25, -0.2) is 9.78 Å². The van der Waals surface area contributed by atoms with Crippen molar-refractivity contribution < 1.29 is 22.7 Å². The average molecular weight is 268 g/mol. The third kappa shape index (κ3) is 4.22. The van der Waals surface area contributed by atoms with Crippen LogP contribution in [0.4, 0.5) is 18.3 Å². The normalized spacial score (nSPS) is 11.4. The largest absolute Gasteiger partial charge is 0.465 e. The van der Waals surface area contributed by atoms with Crippen molar-refractivity contribution in [3.05, 3.63) is 11.1 Å². The van der Waals surface area contributed by atoms with Crippen molar-refractivity contribution in [1.82, 2.24) is 4.98 Å². The third-order valence-corrected chi connectivity index (χ3v) is 3.03. The Bertz CT molecular complexity index is 392. The van der Waals surface area contributed by atoms with Crippen molar-refractivity contribution in [2.45, 2.75) is 12.6 Å². The van der Waals surface area contributed by atoms with Gasteiger partial charge in [0.05, 0.1) is 19.7 Å². The molecule has 1 aromatic rings. The third-order valence-electron chi connectivity index (χ3n) is 1.94. The van der Waals surface area contributed by atoms with E-state index in [0.717, 1.165) is 11.3 Å². The van der Waals surface area contributed by atoms with Crippen molar-refractivity contribution in [1.29, 1.82) is 0 Å². The molecule has 0 aliphatic heterocycles. The van der Waals surface area contributed by atoms with Crippen LogP contribution in [-0.2, 0) is 4.74 Å². The number of aromatic nitrogens is 1. The molecule has 0 aromatic carbocycles. The summed E-state index contributed by atoms with van der Waals surface area (Å²) in [5.41, 5.74) is 0. The lowest BCUT2D eigenvalue weighted by molar-refractivity contribution is -0.132. The van der Waals surface area contributed by atoms with E-state index in [-0.39, 0.29) is 11.4 Å². The Hall–Kier alpha value is -1.31. The van der Waals surface area contributed by atoms with Gasteiger partial charge in [-0.2, -0.15) is 13.2 Å². The number of thiazole rings is 1. The number of hydrogen-bond acceptors (Lipinski definition) is 5. The summed E-state index contributed by atoms with van der Waals surface area (Å²) in [5, 5.41) is 0.356. The lowest BCUT2D eigenvalue weighted by Crippen LogP contribution is -2.23. The van der Waals surface area contributed by atoms with E-state index in [1.54, 1.807) is 0 Å². The smallest absolute Gasteiger partial charge is 0.390 e. The van der Waals surface area contributed by atoms with E-state index >= 15 is 0 Å². The first kappa shape index (κ1) is 13.8. The second-order valence-corrected chi connectivity index (χ2v) is 4.29. The van der Waals surface area contributed by atoms with Gasteiger partial charge in [0, 0.05) is 13.6 Å². The van der Waals surface area contributed by atoms with E-state index < -0.39 is 18.6 Å². The average Bonchev–Trinajstić information content (AvgIpc) is 2.73. The number of methoxy groups -OCH3 is 1. The molecule has 0 bridgehead atoms. The van der Waals surface area contributed by atoms with Crippen molar-refractivity contribution in [3.63, 3.8) is 0 Å². The minimum Gasteiger partial charge on any atom is -0.465 e. The summed E-state index contributed by atoms with van der Waals surface area (Å²) in [6.45, 7) is -0.197. The highest BCUT2D eigenvalue weighted by Crippen LogP contribution is 2.25. The molecule has 4 nitrogen and oxygen atoms in total. The van der Waals surface area contributed by atoms with Crippen molar-refractivity contribution in [2.75, 3.05) is 25.6 Å². The van der Waals surface area contributed by atoms with E-state index in [2.05, 4.69) is 9.72 Å². The molecule has 8 heteroatoms. The van der Waals surface area contributed by atoms with E-state index in [1.807, 2.05) is 0 Å². The first-order valence-corrected chi connectivity index (χ1v) is 5.47. The summed E-state index contributed by atoms with van der Waals surface area (Å²) in [6, 6.07) is 0. The number of esters is 1. The Morgan fingerprint density at radius 2 is 2.24 bits per heavy atom. The topological polar surface area (TPSA) is 42.4 Å². The Morgan fingerprint density at radius 3 is 2.76 bits per heavy atom. The summed E-state index contributed by atoms with van der Waals surface area (Å²) >= 11 is 0.997. The monoisotopic (exact) mass is 268 g/mol. The van der Waals surface area contributed by atoms with E-state index in [9.17, 15) is 18.0 Å². The molecule has 17 heavy (non-hydrogen) atoms. The minimum atomic E-state index is -4.20. The molecule has 1 heterocycles. The van der Waals surface area contributed by atoms with Gasteiger partial charge in [-0.3, -0.25) is 0 Å². The Kier molecular flexibility index (Phi) is 4.33. The number of alkyl halides is 3. The predicted molar refractivity (Wildman–Crippen MR) is 57.4 cm³/mol. The molecule has 0 unspecified atom stereocenters. The fourth-order valence-corrected chi connectivity index (χ4v) is 1.85. The number of ether oxygens (including phenoxy) is 1. The summed E-state index contributed by atoms with van der Waals surface area (Å²) in [7, 11) is 2.72. The zero-order valence-corrected chi connectivity index (χ0v) is 10.1. The summed E-state index contributed by atoms with van der Waals surface area (Å²) in [5.74, 6) is -0.544. The second kappa shape index (κ2) is 5.35. The molecular weight excluding hydrogens is 257 g/mol. The number of anilines is 1. The van der Waals surface area contributed by atoms with Gasteiger partial charge in [-0.15, -0.1) is 0 Å². The number of nitrogens with zero attached hydrogens (tertiary/aromatic N) is 2. The van der Waals surface area contributed by atoms with Crippen LogP contribution in [0.15, 0.2) is 6.20 Å². The molecule has 0 fully saturated rings. The summed E-state index contributed by atoms with van der Waals surface area (Å²) in [6.07, 6.45) is -3.83. The van der Waals surface area contributed by atoms with Gasteiger partial charge in [0.2, 0.25) is 0 Å². The first-order valence-electron chi connectivity index (χ1n) is 4.65. The van der Waals surface area contributed by atoms with Crippen LogP contribution >= 0.6 is 11.3 Å². The molecule has 0 atom stereocenters. The van der Waals surface area contributed by atoms with Gasteiger partial charge in [0.25, 0.3) is 0 Å². The van der Waals surface area contributed by atoms with E-state index in [1.165, 1.54) is 25.3 Å². The Balaban J connectivity index is 2.61. The van der Waals surface area contributed by atoms with Gasteiger partial charge >= 0.3 is 12.1 Å². The molecule has 0 aliphatic rings. The number of carbonyl (C=O) groups excluding carboxylic acids is 1. The van der Waals surface area contributed by atoms with Crippen LogP contribution in [0, 0.1) is 0 Å². The maximum atomic E-state index is 12.0. The molecule has 0 radical (unpaired) electrons. The van der Waals surface area contributed by atoms with Gasteiger partial charge < -0.3 is 9.64 Å². The van der Waals surface area contributed by atoms with Crippen molar-refractivity contribution >= 4 is 22.4 Å². The molecule has 1 rings (SSSR count). The minimum absolute atomic E-state index is 0.197. The van der Waals surface area contributed by atoms with Gasteiger partial charge in [0.15, 0.2) is 5.13 Å². The van der Waals surface area contributed by atoms with Crippen LogP contribution in [0.5, 0.6) is 0 Å². The lowest BCUT2D eigenvalue weighted by Gasteiger charge is -2.16. The molecule has 96 valence electrons. The van der Waals surface area contributed by atoms with Crippen molar-refractivity contribution in [2.24, 2.45) is 0 Å². The van der Waals surface area contributed by atoms with Crippen LogP contribution in [0.25, 0.3) is 0 Å². The standard InChI is InChI=1S/C9H11F3N2O2S/c1-14(4-3-9(10,11)12)8-13-5-6(17-8)7(15)16-2/h5H,3-4H2,1-2H3. The van der Waals surface area contributed by atoms with Crippen LogP contribution in [0.2, 0.25) is 0 Å². The van der Waals surface area contributed by atoms with E-state index in [4.69, 9.17) is 0 Å². The fraction of sp³-hybridized carbons (Fsp3) is 0.556. The highest BCUT2D eigenvalue weighted by Gasteiger charge is 2.27. The molecule has 0 N–H and O–H groups in total. The highest BCUT2D eigenvalue weighted by molar-refractivity contribution is 7.17. The Labute approximate surface area is 100 Å². The molecule has 0 saturated heterocycles. The summed E-state index contributed by atoms with van der Waals surface area (Å²) < 4.78 is 40.5. The van der Waals surface area contributed by atoms with Crippen LogP contribution in [-0.4, -0.2) is 37.8 Å². The zero-order valence-electron chi connectivity index (χ0n) is 9.24. The highest BCUT2D eigenvalue weighted by atomic mass is 32.1.